The topological polar surface area (TPSA) is 434 Å². The van der Waals surface area contributed by atoms with E-state index in [0.29, 0.717) is 81.5 Å². The fourth-order valence-electron chi connectivity index (χ4n) is 15.0. The van der Waals surface area contributed by atoms with Gasteiger partial charge in [-0.3, -0.25) is 62.3 Å². The average molecular weight is 1800 g/mol. The zero-order valence-corrected chi connectivity index (χ0v) is 73.9. The van der Waals surface area contributed by atoms with E-state index in [1.54, 1.807) is 130 Å². The van der Waals surface area contributed by atoms with Crippen molar-refractivity contribution in [2.75, 3.05) is 57.0 Å². The van der Waals surface area contributed by atoms with E-state index in [0.717, 1.165) is 27.4 Å². The summed E-state index contributed by atoms with van der Waals surface area (Å²) in [6.45, 7) is 6.53. The normalized spacial score (nSPS) is 11.8. The number of rotatable bonds is 34. The Balaban J connectivity index is 0.00000320. The van der Waals surface area contributed by atoms with Crippen molar-refractivity contribution in [2.24, 2.45) is 56.4 Å². The van der Waals surface area contributed by atoms with Crippen LogP contribution in [0, 0.1) is 26.7 Å². The predicted molar refractivity (Wildman–Crippen MR) is 469 cm³/mol. The first kappa shape index (κ1) is 96.8. The van der Waals surface area contributed by atoms with Crippen molar-refractivity contribution < 1.29 is 100 Å². The molecule has 0 spiro atoms. The number of hydrogen-bond donors (Lipinski definition) is 9. The van der Waals surface area contributed by atoms with Gasteiger partial charge in [-0.1, -0.05) is 37.8 Å². The third-order valence-corrected chi connectivity index (χ3v) is 21.1. The summed E-state index contributed by atoms with van der Waals surface area (Å²) in [5.41, 5.74) is 8.06. The number of imidazole rings is 2. The van der Waals surface area contributed by atoms with Crippen LogP contribution in [-0.4, -0.2) is 158 Å². The molecule has 0 radical (unpaired) electrons. The van der Waals surface area contributed by atoms with E-state index in [1.807, 2.05) is 42.5 Å². The molecule has 1 unspecified atom stereocenters. The summed E-state index contributed by atoms with van der Waals surface area (Å²) >= 11 is 6.44. The first-order valence-corrected chi connectivity index (χ1v) is 39.0. The number of phenolic OH excluding ortho intramolecular Hbond substituents is 1. The van der Waals surface area contributed by atoms with Crippen LogP contribution in [0.25, 0.3) is 21.7 Å². The van der Waals surface area contributed by atoms with E-state index in [4.69, 9.17) is 23.4 Å². The predicted octanol–water partition coefficient (Wildman–Crippen LogP) is 10.9. The molecular weight excluding hydrogens is 1700 g/mol. The Labute approximate surface area is 751 Å². The number of fused-ring (bicyclic) bond motifs is 4. The summed E-state index contributed by atoms with van der Waals surface area (Å²) in [6.07, 6.45) is 13.7. The van der Waals surface area contributed by atoms with E-state index >= 15 is 0 Å². The van der Waals surface area contributed by atoms with Gasteiger partial charge in [0.25, 0.3) is 35.4 Å². The third-order valence-electron chi connectivity index (χ3n) is 20.7. The number of H-pyrrole nitrogens is 1. The molecule has 1 aliphatic rings. The van der Waals surface area contributed by atoms with Gasteiger partial charge in [-0.15, -0.1) is 11.6 Å². The maximum atomic E-state index is 14.1. The molecule has 0 fully saturated rings. The molecule has 9 N–H and O–H groups in total. The van der Waals surface area contributed by atoms with Crippen molar-refractivity contribution >= 4 is 144 Å². The second-order valence-corrected chi connectivity index (χ2v) is 30.2. The molecule has 125 heavy (non-hydrogen) atoms. The van der Waals surface area contributed by atoms with Gasteiger partial charge >= 0.3 is 32.7 Å². The van der Waals surface area contributed by atoms with Gasteiger partial charge < -0.3 is 115 Å². The molecule has 0 saturated heterocycles. The Morgan fingerprint density at radius 3 is 1.47 bits per heavy atom. The number of carbonyl (C=O) groups is 13. The number of anilines is 6. The number of alkyl halides is 1. The van der Waals surface area contributed by atoms with Gasteiger partial charge in [0.2, 0.25) is 23.5 Å². The number of Topliss-reactive ketones (excluding diaryl/α,β-unsaturated/α-hetero) is 5. The average Bonchev–Trinajstić information content (AvgIpc) is 1.60. The van der Waals surface area contributed by atoms with Crippen molar-refractivity contribution in [3.05, 3.63) is 241 Å². The Kier molecular flexibility index (Phi) is 32.5. The summed E-state index contributed by atoms with van der Waals surface area (Å²) in [4.78, 5) is 186. The van der Waals surface area contributed by atoms with E-state index < -0.39 is 35.4 Å². The number of benzene rings is 3. The van der Waals surface area contributed by atoms with Crippen molar-refractivity contribution in [3.8, 4) is 5.75 Å². The SMILES string of the molecule is C.CC(=O)Nc1cc(C(=O)Nc2cn(C)c(C(=O)Nc3cc(C(=O)NCCC(=O)Nc4cn(C)c(C(=O)Nc5cc(C(=O)NCCCC(=O)Cc6cc(C(=O)Cc7cc(C(=O)CCCC(=O)Cc8cc(C(=O)Cc9ccc%10[nH]c(C(=O)N%11CC(CCl)c%12c%11cc(O)c%11ccccc%12%11)cc%10c9)n(C)c8)n(C)c7)n(C)c6)n(C)c5)n4)n(C)c3)n2)n(C)c1.[C-]#N.[CH3-].[CH3-].[Y+3]. The largest absolute Gasteiger partial charge is 3.00 e. The molecule has 34 nitrogen and oxygen atoms in total. The van der Waals surface area contributed by atoms with Crippen molar-refractivity contribution in [2.45, 2.75) is 84.5 Å². The van der Waals surface area contributed by atoms with Gasteiger partial charge in [0.15, 0.2) is 29.0 Å². The molecule has 1 aliphatic heterocycles. The number of nitrogens with zero attached hydrogens (tertiary/aromatic N) is 12. The maximum absolute atomic E-state index is 14.1. The van der Waals surface area contributed by atoms with Crippen LogP contribution in [0.3, 0.4) is 0 Å². The molecule has 648 valence electrons. The number of amides is 8. The summed E-state index contributed by atoms with van der Waals surface area (Å²) in [7, 11) is 13.2. The van der Waals surface area contributed by atoms with E-state index in [1.165, 1.54) is 72.7 Å². The van der Waals surface area contributed by atoms with Crippen molar-refractivity contribution in [1.82, 2.24) is 62.1 Å². The number of carbonyl (C=O) groups excluding carboxylic acids is 13. The van der Waals surface area contributed by atoms with Crippen LogP contribution in [-0.2, 0) is 134 Å². The van der Waals surface area contributed by atoms with Crippen LogP contribution < -0.4 is 42.1 Å². The van der Waals surface area contributed by atoms with Crippen LogP contribution in [0.15, 0.2) is 141 Å². The van der Waals surface area contributed by atoms with Crippen LogP contribution >= 0.6 is 11.6 Å². The zero-order chi connectivity index (χ0) is 86.9. The summed E-state index contributed by atoms with van der Waals surface area (Å²) in [5, 5.41) is 38.2. The van der Waals surface area contributed by atoms with Crippen LogP contribution in [0.5, 0.6) is 5.75 Å². The number of aryl methyl sites for hydroxylation is 8. The standard InChI is InChI=1S/C85H88ClN19O14.CN.CH4.2CH3.Y/c1-47(106)89-54-33-69(102(7)42-54)82(116)96-75-46-104(9)79(95-75)84(118)91-56-35-68(101(6)44-56)81(115)88-23-21-76(113)93-74-45-103(8)78(94-74)83(117)90-55-34-67(100(5)43-55)80(114)87-22-13-15-58(108)26-50-28-65(99(4)39-50)73(112)31-51-29-63(97(2)40-51)70(109)18-12-14-57(107)25-49-27-64(98(3)38-49)72(111)30-48-19-20-61-52(24-48)32-62(92-61)85(119)105-41-53(37-86)77-60-17-11-10-16-59(60)71(110)36-66(77)105;1-2;;;;/h10-11,16-17,19-20,24,27-29,32-36,38-40,42-46,53,92,110H,12-15,18,21-23,25-26,30-31,37,41H2,1-9H3,(H,87,114)(H,88,115)(H,89,106)(H,90,117)(H,91,118)(H,93,113)(H,96,116);;1H4;2*1H3;/q;-1;;2*-1;+3. The van der Waals surface area contributed by atoms with Gasteiger partial charge in [0.05, 0.1) is 39.8 Å². The number of nitrogens with one attached hydrogen (secondary N) is 8. The zero-order valence-electron chi connectivity index (χ0n) is 70.3. The first-order chi connectivity index (χ1) is 57.8. The maximum Gasteiger partial charge on any atom is 3.00 e. The molecular formula is C89H98ClN20O14Y. The number of halogens is 1. The number of aromatic nitrogens is 11. The van der Waals surface area contributed by atoms with Crippen molar-refractivity contribution in [3.63, 3.8) is 0 Å². The van der Waals surface area contributed by atoms with E-state index in [9.17, 15) is 67.4 Å². The number of phenols is 1. The number of aromatic hydroxyl groups is 1. The van der Waals surface area contributed by atoms with Crippen molar-refractivity contribution in [1.29, 1.82) is 5.26 Å². The van der Waals surface area contributed by atoms with Gasteiger partial charge in [-0.2, -0.15) is 0 Å². The Hall–Kier alpha value is -13.6. The Morgan fingerprint density at radius 2 is 0.944 bits per heavy atom. The second-order valence-electron chi connectivity index (χ2n) is 29.9. The summed E-state index contributed by atoms with van der Waals surface area (Å²) < 4.78 is 12.4. The van der Waals surface area contributed by atoms with E-state index in [2.05, 4.69) is 52.2 Å². The summed E-state index contributed by atoms with van der Waals surface area (Å²) in [6, 6.07) is 25.9. The van der Waals surface area contributed by atoms with Crippen LogP contribution in [0.1, 0.15) is 181 Å². The minimum atomic E-state index is -0.643. The molecule has 13 rings (SSSR count). The summed E-state index contributed by atoms with van der Waals surface area (Å²) in [5.74, 6) is -4.36. The molecule has 0 aliphatic carbocycles. The van der Waals surface area contributed by atoms with Gasteiger partial charge in [-0.25, -0.2) is 9.97 Å². The minimum absolute atomic E-state index is 0. The third kappa shape index (κ3) is 22.6. The smallest absolute Gasteiger partial charge is 0.512 e. The molecule has 3 aromatic carbocycles. The number of ketones is 5. The molecule has 12 aromatic rings. The van der Waals surface area contributed by atoms with Gasteiger partial charge in [0, 0.05) is 218 Å². The van der Waals surface area contributed by atoms with Crippen LogP contribution in [0.2, 0.25) is 0 Å². The van der Waals surface area contributed by atoms with Crippen LogP contribution in [0.4, 0.5) is 34.4 Å². The molecule has 1 atom stereocenters. The van der Waals surface area contributed by atoms with Gasteiger partial charge in [0.1, 0.15) is 40.1 Å². The number of hydrogen-bond acceptors (Lipinski definition) is 17. The molecule has 0 bridgehead atoms. The fraction of sp³-hybridized carbons (Fsp3) is 0.281. The Morgan fingerprint density at radius 1 is 0.480 bits per heavy atom. The fourth-order valence-corrected chi connectivity index (χ4v) is 15.3. The molecule has 0 saturated carbocycles. The minimum Gasteiger partial charge on any atom is -0.512 e. The molecule has 36 heteroatoms. The molecule has 10 heterocycles. The molecule has 9 aromatic heterocycles. The van der Waals surface area contributed by atoms with Gasteiger partial charge in [-0.05, 0) is 101 Å². The second kappa shape index (κ2) is 42.0. The molecule has 8 amide bonds. The quantitative estimate of drug-likeness (QED) is 0.00783. The number of aromatic amines is 1. The Bertz CT molecular complexity index is 6190. The first-order valence-electron chi connectivity index (χ1n) is 38.5. The van der Waals surface area contributed by atoms with E-state index in [-0.39, 0.29) is 224 Å². The monoisotopic (exact) mass is 1790 g/mol.